The molecule has 3 rings (SSSR count). The zero-order valence-electron chi connectivity index (χ0n) is 15.0. The minimum absolute atomic E-state index is 0.0979. The number of ether oxygens (including phenoxy) is 1. The van der Waals surface area contributed by atoms with Gasteiger partial charge in [-0.15, -0.1) is 0 Å². The van der Waals surface area contributed by atoms with E-state index in [0.717, 1.165) is 25.0 Å². The van der Waals surface area contributed by atoms with Crippen LogP contribution in [0.5, 0.6) is 0 Å². The first-order chi connectivity index (χ1) is 12.6. The molecule has 0 bridgehead atoms. The molecule has 1 N–H and O–H groups in total. The molecule has 1 heterocycles. The Morgan fingerprint density at radius 2 is 1.88 bits per heavy atom. The van der Waals surface area contributed by atoms with Gasteiger partial charge in [0, 0.05) is 37.9 Å². The van der Waals surface area contributed by atoms with E-state index >= 15 is 0 Å². The molecule has 1 saturated heterocycles. The lowest BCUT2D eigenvalue weighted by Crippen LogP contribution is -2.32. The summed E-state index contributed by atoms with van der Waals surface area (Å²) in [6.45, 7) is 1.79. The van der Waals surface area contributed by atoms with Crippen LogP contribution in [0.2, 0.25) is 0 Å². The van der Waals surface area contributed by atoms with Crippen LogP contribution >= 0.6 is 0 Å². The van der Waals surface area contributed by atoms with E-state index in [9.17, 15) is 9.59 Å². The molecule has 2 aromatic carbocycles. The summed E-state index contributed by atoms with van der Waals surface area (Å²) in [6, 6.07) is 16.7. The molecule has 136 valence electrons. The summed E-state index contributed by atoms with van der Waals surface area (Å²) in [6.07, 6.45) is 2.11. The Morgan fingerprint density at radius 1 is 1.12 bits per heavy atom. The van der Waals surface area contributed by atoms with Gasteiger partial charge in [-0.1, -0.05) is 36.4 Å². The number of nitrogens with one attached hydrogen (secondary N) is 1. The highest BCUT2D eigenvalue weighted by molar-refractivity contribution is 5.99. The van der Waals surface area contributed by atoms with Crippen molar-refractivity contribution in [3.8, 4) is 0 Å². The maximum absolute atomic E-state index is 12.7. The van der Waals surface area contributed by atoms with Crippen molar-refractivity contribution in [3.05, 3.63) is 71.3 Å². The summed E-state index contributed by atoms with van der Waals surface area (Å²) < 4.78 is 5.51. The number of carbonyl (C=O) groups is 2. The molecule has 0 radical (unpaired) electrons. The monoisotopic (exact) mass is 352 g/mol. The molecule has 26 heavy (non-hydrogen) atoms. The van der Waals surface area contributed by atoms with Gasteiger partial charge in [0.05, 0.1) is 6.10 Å². The first-order valence-electron chi connectivity index (χ1n) is 8.93. The van der Waals surface area contributed by atoms with Gasteiger partial charge in [-0.3, -0.25) is 9.59 Å². The standard InChI is InChI=1S/C21H24N2O3/c1-23(15-16-7-3-2-4-8-16)21(25)18-10-5-9-17(13-18)20(24)22-14-19-11-6-12-26-19/h2-5,7-10,13,19H,6,11-12,14-15H2,1H3,(H,22,24). The van der Waals surface area contributed by atoms with Crippen LogP contribution in [0.3, 0.4) is 0 Å². The average molecular weight is 352 g/mol. The Kier molecular flexibility index (Phi) is 6.02. The van der Waals surface area contributed by atoms with Gasteiger partial charge in [-0.25, -0.2) is 0 Å². The van der Waals surface area contributed by atoms with Crippen molar-refractivity contribution in [1.29, 1.82) is 0 Å². The van der Waals surface area contributed by atoms with E-state index in [2.05, 4.69) is 5.32 Å². The van der Waals surface area contributed by atoms with Crippen LogP contribution < -0.4 is 5.32 Å². The summed E-state index contributed by atoms with van der Waals surface area (Å²) in [5.41, 5.74) is 2.06. The van der Waals surface area contributed by atoms with Gasteiger partial charge in [-0.2, -0.15) is 0 Å². The third-order valence-corrected chi connectivity index (χ3v) is 4.50. The predicted octanol–water partition coefficient (Wildman–Crippen LogP) is 2.87. The Labute approximate surface area is 154 Å². The number of carbonyl (C=O) groups excluding carboxylic acids is 2. The van der Waals surface area contributed by atoms with Gasteiger partial charge in [0.25, 0.3) is 11.8 Å². The molecule has 5 heteroatoms. The minimum atomic E-state index is -0.180. The molecule has 1 aliphatic rings. The third kappa shape index (κ3) is 4.70. The Balaban J connectivity index is 1.61. The highest BCUT2D eigenvalue weighted by Gasteiger charge is 2.18. The second kappa shape index (κ2) is 8.63. The molecule has 2 amide bonds. The fraction of sp³-hybridized carbons (Fsp3) is 0.333. The molecule has 1 atom stereocenters. The third-order valence-electron chi connectivity index (χ3n) is 4.50. The highest BCUT2D eigenvalue weighted by Crippen LogP contribution is 2.13. The van der Waals surface area contributed by atoms with Crippen molar-refractivity contribution in [2.45, 2.75) is 25.5 Å². The van der Waals surface area contributed by atoms with Crippen molar-refractivity contribution in [2.24, 2.45) is 0 Å². The van der Waals surface area contributed by atoms with E-state index in [1.165, 1.54) is 0 Å². The molecule has 0 spiro atoms. The zero-order valence-corrected chi connectivity index (χ0v) is 15.0. The van der Waals surface area contributed by atoms with Crippen molar-refractivity contribution in [1.82, 2.24) is 10.2 Å². The van der Waals surface area contributed by atoms with Crippen molar-refractivity contribution in [2.75, 3.05) is 20.2 Å². The first-order valence-corrected chi connectivity index (χ1v) is 8.93. The predicted molar refractivity (Wildman–Crippen MR) is 100.0 cm³/mol. The van der Waals surface area contributed by atoms with Crippen LogP contribution in [-0.2, 0) is 11.3 Å². The largest absolute Gasteiger partial charge is 0.376 e. The number of rotatable bonds is 6. The average Bonchev–Trinajstić information content (AvgIpc) is 3.20. The maximum Gasteiger partial charge on any atom is 0.253 e. The molecule has 5 nitrogen and oxygen atoms in total. The van der Waals surface area contributed by atoms with E-state index in [0.29, 0.717) is 24.2 Å². The summed E-state index contributed by atoms with van der Waals surface area (Å²) in [5, 5.41) is 2.89. The van der Waals surface area contributed by atoms with Crippen LogP contribution in [0.15, 0.2) is 54.6 Å². The quantitative estimate of drug-likeness (QED) is 0.870. The zero-order chi connectivity index (χ0) is 18.4. The van der Waals surface area contributed by atoms with Gasteiger partial charge in [0.1, 0.15) is 0 Å². The van der Waals surface area contributed by atoms with Crippen molar-refractivity contribution in [3.63, 3.8) is 0 Å². The van der Waals surface area contributed by atoms with Crippen LogP contribution in [0.25, 0.3) is 0 Å². The lowest BCUT2D eigenvalue weighted by Gasteiger charge is -2.18. The number of hydrogen-bond acceptors (Lipinski definition) is 3. The van der Waals surface area contributed by atoms with Crippen LogP contribution in [0.4, 0.5) is 0 Å². The smallest absolute Gasteiger partial charge is 0.253 e. The van der Waals surface area contributed by atoms with Crippen LogP contribution in [0.1, 0.15) is 39.1 Å². The first kappa shape index (κ1) is 18.1. The fourth-order valence-corrected chi connectivity index (χ4v) is 3.06. The SMILES string of the molecule is CN(Cc1ccccc1)C(=O)c1cccc(C(=O)NCC2CCCO2)c1. The van der Waals surface area contributed by atoms with Crippen molar-refractivity contribution < 1.29 is 14.3 Å². The maximum atomic E-state index is 12.7. The van der Waals surface area contributed by atoms with Crippen molar-refractivity contribution >= 4 is 11.8 Å². The van der Waals surface area contributed by atoms with Gasteiger partial charge in [0.2, 0.25) is 0 Å². The summed E-state index contributed by atoms with van der Waals surface area (Å²) in [7, 11) is 1.76. The molecule has 0 saturated carbocycles. The fourth-order valence-electron chi connectivity index (χ4n) is 3.06. The molecule has 1 aliphatic heterocycles. The Morgan fingerprint density at radius 3 is 2.62 bits per heavy atom. The Bertz CT molecular complexity index is 755. The highest BCUT2D eigenvalue weighted by atomic mass is 16.5. The lowest BCUT2D eigenvalue weighted by atomic mass is 10.1. The molecule has 2 aromatic rings. The number of benzene rings is 2. The van der Waals surface area contributed by atoms with E-state index in [4.69, 9.17) is 4.74 Å². The molecule has 1 fully saturated rings. The number of nitrogens with zero attached hydrogens (tertiary/aromatic N) is 1. The van der Waals surface area contributed by atoms with E-state index < -0.39 is 0 Å². The van der Waals surface area contributed by atoms with Gasteiger partial charge >= 0.3 is 0 Å². The van der Waals surface area contributed by atoms with Crippen LogP contribution in [-0.4, -0.2) is 43.0 Å². The molecular weight excluding hydrogens is 328 g/mol. The lowest BCUT2D eigenvalue weighted by molar-refractivity contribution is 0.0785. The minimum Gasteiger partial charge on any atom is -0.376 e. The second-order valence-corrected chi connectivity index (χ2v) is 6.57. The van der Waals surface area contributed by atoms with E-state index in [-0.39, 0.29) is 17.9 Å². The topological polar surface area (TPSA) is 58.6 Å². The summed E-state index contributed by atoms with van der Waals surface area (Å²) >= 11 is 0. The van der Waals surface area contributed by atoms with Crippen LogP contribution in [0, 0.1) is 0 Å². The molecule has 0 aromatic heterocycles. The molecule has 1 unspecified atom stereocenters. The number of amides is 2. The summed E-state index contributed by atoms with van der Waals surface area (Å²) in [5.74, 6) is -0.288. The van der Waals surface area contributed by atoms with Gasteiger partial charge in [0.15, 0.2) is 0 Å². The number of hydrogen-bond donors (Lipinski definition) is 1. The van der Waals surface area contributed by atoms with Gasteiger partial charge < -0.3 is 15.0 Å². The summed E-state index contributed by atoms with van der Waals surface area (Å²) in [4.78, 5) is 26.7. The molecule has 0 aliphatic carbocycles. The normalized spacial score (nSPS) is 16.3. The second-order valence-electron chi connectivity index (χ2n) is 6.57. The molecular formula is C21H24N2O3. The van der Waals surface area contributed by atoms with Gasteiger partial charge in [-0.05, 0) is 36.6 Å². The Hall–Kier alpha value is -2.66. The van der Waals surface area contributed by atoms with E-state index in [1.807, 2.05) is 30.3 Å². The van der Waals surface area contributed by atoms with E-state index in [1.54, 1.807) is 36.2 Å².